The first-order chi connectivity index (χ1) is 8.29. The van der Waals surface area contributed by atoms with Crippen molar-refractivity contribution in [3.8, 4) is 0 Å². The molecule has 6 heteroatoms. The summed E-state index contributed by atoms with van der Waals surface area (Å²) in [6.07, 6.45) is 6.87. The molecule has 88 valence electrons. The molecule has 1 aliphatic carbocycles. The van der Waals surface area contributed by atoms with Gasteiger partial charge in [0, 0.05) is 12.1 Å². The van der Waals surface area contributed by atoms with Gasteiger partial charge < -0.3 is 10.2 Å². The quantitative estimate of drug-likeness (QED) is 0.780. The van der Waals surface area contributed by atoms with Crippen LogP contribution in [-0.4, -0.2) is 42.4 Å². The number of hydrogen-bond acceptors (Lipinski definition) is 5. The summed E-state index contributed by atoms with van der Waals surface area (Å²) >= 11 is 0. The highest BCUT2D eigenvalue weighted by atomic mass is 16.3. The molecule has 2 N–H and O–H groups in total. The second-order valence-electron chi connectivity index (χ2n) is 4.15. The summed E-state index contributed by atoms with van der Waals surface area (Å²) in [5.41, 5.74) is 2.59. The summed E-state index contributed by atoms with van der Waals surface area (Å²) in [5, 5.41) is 18.3. The molecule has 6 nitrogen and oxygen atoms in total. The molecule has 1 saturated carbocycles. The van der Waals surface area contributed by atoms with Gasteiger partial charge >= 0.3 is 0 Å². The SMILES string of the molecule is OC[C@@H](O)[C@@H]1C/C1=C\n1cnc2cncnc21. The van der Waals surface area contributed by atoms with Crippen LogP contribution in [0.25, 0.3) is 17.4 Å². The van der Waals surface area contributed by atoms with E-state index in [-0.39, 0.29) is 12.5 Å². The highest BCUT2D eigenvalue weighted by Crippen LogP contribution is 2.41. The molecule has 2 atom stereocenters. The van der Waals surface area contributed by atoms with Crippen LogP contribution in [0.3, 0.4) is 0 Å². The first-order valence-corrected chi connectivity index (χ1v) is 5.41. The Labute approximate surface area is 97.3 Å². The molecule has 0 spiro atoms. The van der Waals surface area contributed by atoms with E-state index >= 15 is 0 Å². The van der Waals surface area contributed by atoms with Gasteiger partial charge in [-0.3, -0.25) is 4.57 Å². The molecule has 0 unspecified atom stereocenters. The van der Waals surface area contributed by atoms with Crippen molar-refractivity contribution in [1.29, 1.82) is 0 Å². The van der Waals surface area contributed by atoms with Crippen molar-refractivity contribution in [2.75, 3.05) is 6.61 Å². The minimum Gasteiger partial charge on any atom is -0.394 e. The van der Waals surface area contributed by atoms with E-state index in [0.29, 0.717) is 0 Å². The first-order valence-electron chi connectivity index (χ1n) is 5.41. The number of imidazole rings is 1. The van der Waals surface area contributed by atoms with E-state index in [1.165, 1.54) is 6.33 Å². The molecule has 0 bridgehead atoms. The smallest absolute Gasteiger partial charge is 0.167 e. The van der Waals surface area contributed by atoms with Gasteiger partial charge in [-0.25, -0.2) is 15.0 Å². The Morgan fingerprint density at radius 2 is 2.41 bits per heavy atom. The second kappa shape index (κ2) is 3.90. The lowest BCUT2D eigenvalue weighted by Gasteiger charge is -2.01. The highest BCUT2D eigenvalue weighted by Gasteiger charge is 2.36. The van der Waals surface area contributed by atoms with Crippen molar-refractivity contribution >= 4 is 17.4 Å². The van der Waals surface area contributed by atoms with Crippen LogP contribution in [0.15, 0.2) is 24.4 Å². The lowest BCUT2D eigenvalue weighted by Crippen LogP contribution is -2.14. The zero-order valence-electron chi connectivity index (χ0n) is 9.06. The molecular formula is C11H12N4O2. The zero-order valence-corrected chi connectivity index (χ0v) is 9.06. The Balaban J connectivity index is 1.89. The van der Waals surface area contributed by atoms with Gasteiger partial charge in [0.05, 0.1) is 18.9 Å². The minimum absolute atomic E-state index is 0.0688. The van der Waals surface area contributed by atoms with Gasteiger partial charge in [0.1, 0.15) is 18.2 Å². The lowest BCUT2D eigenvalue weighted by atomic mass is 10.2. The molecule has 2 aromatic rings. The Hall–Kier alpha value is -1.79. The van der Waals surface area contributed by atoms with Gasteiger partial charge in [0.2, 0.25) is 0 Å². The fraction of sp³-hybridized carbons (Fsp3) is 0.364. The van der Waals surface area contributed by atoms with Crippen LogP contribution in [0.1, 0.15) is 6.42 Å². The summed E-state index contributed by atoms with van der Waals surface area (Å²) in [4.78, 5) is 12.2. The molecular weight excluding hydrogens is 220 g/mol. The monoisotopic (exact) mass is 232 g/mol. The fourth-order valence-electron chi connectivity index (χ4n) is 1.91. The number of aromatic nitrogens is 4. The molecule has 0 amide bonds. The molecule has 0 radical (unpaired) electrons. The molecule has 2 aromatic heterocycles. The second-order valence-corrected chi connectivity index (χ2v) is 4.15. The lowest BCUT2D eigenvalue weighted by molar-refractivity contribution is 0.0815. The predicted molar refractivity (Wildman–Crippen MR) is 60.8 cm³/mol. The van der Waals surface area contributed by atoms with Crippen molar-refractivity contribution in [2.45, 2.75) is 12.5 Å². The van der Waals surface area contributed by atoms with Gasteiger partial charge in [-0.2, -0.15) is 0 Å². The van der Waals surface area contributed by atoms with Crippen molar-refractivity contribution in [3.05, 3.63) is 24.4 Å². The molecule has 1 fully saturated rings. The average Bonchev–Trinajstić information content (AvgIpc) is 3.02. The summed E-state index contributed by atoms with van der Waals surface area (Å²) in [5.74, 6) is 0.0688. The summed E-state index contributed by atoms with van der Waals surface area (Å²) in [6, 6.07) is 0. The van der Waals surface area contributed by atoms with Crippen LogP contribution in [0.2, 0.25) is 0 Å². The number of fused-ring (bicyclic) bond motifs is 1. The number of hydrogen-bond donors (Lipinski definition) is 2. The summed E-state index contributed by atoms with van der Waals surface area (Å²) in [7, 11) is 0. The Bertz CT molecular complexity index is 578. The minimum atomic E-state index is -0.661. The number of rotatable bonds is 3. The van der Waals surface area contributed by atoms with E-state index in [1.54, 1.807) is 12.5 Å². The molecule has 0 aromatic carbocycles. The summed E-state index contributed by atoms with van der Waals surface area (Å²) in [6.45, 7) is -0.200. The average molecular weight is 232 g/mol. The molecule has 3 rings (SSSR count). The van der Waals surface area contributed by atoms with E-state index in [1.807, 2.05) is 10.8 Å². The normalized spacial score (nSPS) is 23.2. The van der Waals surface area contributed by atoms with E-state index in [9.17, 15) is 5.11 Å². The van der Waals surface area contributed by atoms with E-state index in [2.05, 4.69) is 15.0 Å². The highest BCUT2D eigenvalue weighted by molar-refractivity contribution is 5.72. The molecule has 0 saturated heterocycles. The fourth-order valence-corrected chi connectivity index (χ4v) is 1.91. The number of aliphatic hydroxyl groups excluding tert-OH is 2. The van der Waals surface area contributed by atoms with Crippen LogP contribution in [0.4, 0.5) is 0 Å². The predicted octanol–water partition coefficient (Wildman–Crippen LogP) is 0.0403. The van der Waals surface area contributed by atoms with Crippen LogP contribution in [0.5, 0.6) is 0 Å². The van der Waals surface area contributed by atoms with Gasteiger partial charge in [-0.1, -0.05) is 0 Å². The van der Waals surface area contributed by atoms with E-state index in [4.69, 9.17) is 5.11 Å². The molecule has 0 aliphatic heterocycles. The number of nitrogens with zero attached hydrogens (tertiary/aromatic N) is 4. The van der Waals surface area contributed by atoms with Crippen LogP contribution in [0, 0.1) is 5.92 Å². The van der Waals surface area contributed by atoms with E-state index < -0.39 is 6.10 Å². The van der Waals surface area contributed by atoms with Gasteiger partial charge in [-0.15, -0.1) is 0 Å². The Kier molecular flexibility index (Phi) is 2.38. The zero-order chi connectivity index (χ0) is 11.8. The third-order valence-corrected chi connectivity index (χ3v) is 2.97. The topological polar surface area (TPSA) is 84.1 Å². The van der Waals surface area contributed by atoms with Gasteiger partial charge in [-0.05, 0) is 12.0 Å². The largest absolute Gasteiger partial charge is 0.394 e. The Morgan fingerprint density at radius 1 is 1.53 bits per heavy atom. The first kappa shape index (κ1) is 10.4. The van der Waals surface area contributed by atoms with Crippen LogP contribution >= 0.6 is 0 Å². The van der Waals surface area contributed by atoms with Gasteiger partial charge in [0.15, 0.2) is 5.65 Å². The molecule has 17 heavy (non-hydrogen) atoms. The van der Waals surface area contributed by atoms with Crippen molar-refractivity contribution in [3.63, 3.8) is 0 Å². The molecule has 2 heterocycles. The third-order valence-electron chi connectivity index (χ3n) is 2.97. The Morgan fingerprint density at radius 3 is 3.24 bits per heavy atom. The van der Waals surface area contributed by atoms with E-state index in [0.717, 1.165) is 23.2 Å². The van der Waals surface area contributed by atoms with Crippen molar-refractivity contribution < 1.29 is 10.2 Å². The van der Waals surface area contributed by atoms with Crippen molar-refractivity contribution in [2.24, 2.45) is 5.92 Å². The maximum atomic E-state index is 9.47. The molecule has 1 aliphatic rings. The maximum Gasteiger partial charge on any atom is 0.167 e. The van der Waals surface area contributed by atoms with Crippen LogP contribution in [-0.2, 0) is 0 Å². The third kappa shape index (κ3) is 1.81. The van der Waals surface area contributed by atoms with Crippen molar-refractivity contribution in [1.82, 2.24) is 19.5 Å². The van der Waals surface area contributed by atoms with Crippen LogP contribution < -0.4 is 0 Å². The standard InChI is InChI=1S/C11H12N4O2/c16-4-10(17)8-1-7(8)3-15-6-14-9-2-12-5-13-11(9)15/h2-3,5-6,8,10,16-17H,1,4H2/b7-3+/t8-,10-/m1/s1. The summed E-state index contributed by atoms with van der Waals surface area (Å²) < 4.78 is 1.82. The maximum absolute atomic E-state index is 9.47. The number of aliphatic hydroxyl groups is 2. The van der Waals surface area contributed by atoms with Gasteiger partial charge in [0.25, 0.3) is 0 Å².